The fourth-order valence-electron chi connectivity index (χ4n) is 6.97. The number of hydrogen-bond donors (Lipinski definition) is 3. The maximum atomic E-state index is 14.9. The number of anilines is 1. The van der Waals surface area contributed by atoms with Gasteiger partial charge in [-0.05, 0) is 81.8 Å². The van der Waals surface area contributed by atoms with Crippen LogP contribution in [0.3, 0.4) is 0 Å². The van der Waals surface area contributed by atoms with E-state index in [1.54, 1.807) is 77.1 Å². The summed E-state index contributed by atoms with van der Waals surface area (Å²) in [5, 5.41) is 6.99. The van der Waals surface area contributed by atoms with Gasteiger partial charge >= 0.3 is 5.97 Å². The number of carbonyl (C=O) groups excluding carboxylic acids is 4. The number of nitrogens with zero attached hydrogens (tertiary/aromatic N) is 2. The van der Waals surface area contributed by atoms with Gasteiger partial charge in [0.15, 0.2) is 0 Å². The van der Waals surface area contributed by atoms with Gasteiger partial charge in [0.25, 0.3) is 5.91 Å². The Kier molecular flexibility index (Phi) is 10.9. The number of carbonyl (C=O) groups is 4. The number of sulfonamides is 1. The highest BCUT2D eigenvalue weighted by Crippen LogP contribution is 2.46. The molecule has 1 saturated heterocycles. The lowest BCUT2D eigenvalue weighted by atomic mass is 9.85. The van der Waals surface area contributed by atoms with E-state index in [0.29, 0.717) is 40.1 Å². The van der Waals surface area contributed by atoms with Gasteiger partial charge in [-0.15, -0.1) is 6.58 Å². The Morgan fingerprint density at radius 3 is 2.47 bits per heavy atom. The number of ether oxygens (including phenoxy) is 3. The number of pyridine rings is 1. The normalized spacial score (nSPS) is 22.8. The summed E-state index contributed by atoms with van der Waals surface area (Å²) in [4.78, 5) is 61.8. The van der Waals surface area contributed by atoms with Crippen LogP contribution < -0.4 is 24.8 Å². The minimum Gasteiger partial charge on any atom is -0.494 e. The van der Waals surface area contributed by atoms with Crippen LogP contribution in [0.4, 0.5) is 5.69 Å². The Labute approximate surface area is 339 Å². The van der Waals surface area contributed by atoms with E-state index in [4.69, 9.17) is 27.2 Å². The van der Waals surface area contributed by atoms with Crippen molar-refractivity contribution in [1.82, 2.24) is 19.9 Å². The average molecular weight is 825 g/mol. The highest BCUT2D eigenvalue weighted by molar-refractivity contribution is 7.91. The molecule has 2 heterocycles. The van der Waals surface area contributed by atoms with Crippen LogP contribution in [0.25, 0.3) is 10.8 Å². The number of benzene rings is 2. The molecule has 306 valence electrons. The van der Waals surface area contributed by atoms with Gasteiger partial charge < -0.3 is 29.7 Å². The first-order valence-corrected chi connectivity index (χ1v) is 20.6. The number of nitrogens with one attached hydrogen (secondary N) is 3. The molecular formula is C41H50ClN5O9S. The van der Waals surface area contributed by atoms with Crippen molar-refractivity contribution in [2.75, 3.05) is 19.0 Å². The standard InChI is InChI=1S/C41H50ClN5O9S/c1-9-24-20-41(24,38(51)46-57(52,53)28-14-15-28)45-34(48)31-19-27(55-35-30-18-25(42)13-16-29(30)32(54-8)21-43-35)22-47(31)36(49)33(39(2,3)4)44-26-12-10-11-23(17-26)37(50)56-40(5,6)7/h9-13,16-18,21,24,27-28,31,33,44H,1,14-15,19-20,22H2,2-8H3,(H,45,48)(H,46,51)/t24-,27-,31+,33-,41-/m1/s1/i2D. The van der Waals surface area contributed by atoms with Crippen LogP contribution in [0.5, 0.6) is 11.6 Å². The van der Waals surface area contributed by atoms with E-state index in [1.807, 2.05) is 0 Å². The van der Waals surface area contributed by atoms with Gasteiger partial charge in [-0.3, -0.25) is 19.1 Å². The highest BCUT2D eigenvalue weighted by atomic mass is 35.5. The number of amides is 3. The van der Waals surface area contributed by atoms with Crippen molar-refractivity contribution in [2.45, 2.75) is 102 Å². The number of fused-ring (bicyclic) bond motifs is 1. The van der Waals surface area contributed by atoms with Crippen LogP contribution in [-0.4, -0.2) is 90.2 Å². The minimum atomic E-state index is -3.94. The number of hydrogen-bond acceptors (Lipinski definition) is 11. The predicted octanol–water partition coefficient (Wildman–Crippen LogP) is 5.40. The molecule has 6 rings (SSSR count). The smallest absolute Gasteiger partial charge is 0.338 e. The van der Waals surface area contributed by atoms with Crippen molar-refractivity contribution in [1.29, 1.82) is 0 Å². The largest absolute Gasteiger partial charge is 0.494 e. The summed E-state index contributed by atoms with van der Waals surface area (Å²) in [5.74, 6) is -2.57. The Morgan fingerprint density at radius 2 is 1.84 bits per heavy atom. The van der Waals surface area contributed by atoms with E-state index < -0.39 is 79.6 Å². The molecule has 2 aromatic carbocycles. The third-order valence-corrected chi connectivity index (χ3v) is 12.3. The molecule has 5 atom stereocenters. The Hall–Kier alpha value is -4.89. The van der Waals surface area contributed by atoms with Crippen LogP contribution in [0.2, 0.25) is 5.02 Å². The monoisotopic (exact) mass is 824 g/mol. The molecular weight excluding hydrogens is 774 g/mol. The molecule has 0 radical (unpaired) electrons. The Bertz CT molecular complexity index is 2250. The van der Waals surface area contributed by atoms with Crippen molar-refractivity contribution in [3.63, 3.8) is 0 Å². The lowest BCUT2D eigenvalue weighted by Gasteiger charge is -2.36. The van der Waals surface area contributed by atoms with Gasteiger partial charge in [0.1, 0.15) is 35.1 Å². The molecule has 0 spiro atoms. The third kappa shape index (κ3) is 9.14. The van der Waals surface area contributed by atoms with Crippen LogP contribution in [0.15, 0.2) is 61.3 Å². The zero-order chi connectivity index (χ0) is 42.4. The molecule has 2 aliphatic carbocycles. The van der Waals surface area contributed by atoms with Gasteiger partial charge in [0, 0.05) is 35.2 Å². The second kappa shape index (κ2) is 15.5. The molecule has 2 saturated carbocycles. The lowest BCUT2D eigenvalue weighted by Crippen LogP contribution is -2.58. The minimum absolute atomic E-state index is 0.0354. The summed E-state index contributed by atoms with van der Waals surface area (Å²) in [6.07, 6.45) is 3.14. The quantitative estimate of drug-likeness (QED) is 0.148. The molecule has 57 heavy (non-hydrogen) atoms. The molecule has 1 aromatic heterocycles. The predicted molar refractivity (Wildman–Crippen MR) is 216 cm³/mol. The van der Waals surface area contributed by atoms with Crippen LogP contribution in [0, 0.1) is 11.3 Å². The maximum Gasteiger partial charge on any atom is 0.338 e. The van der Waals surface area contributed by atoms with Gasteiger partial charge in [0.05, 0.1) is 30.7 Å². The molecule has 0 unspecified atom stereocenters. The van der Waals surface area contributed by atoms with Crippen LogP contribution in [0.1, 0.15) is 78.9 Å². The molecule has 0 bridgehead atoms. The highest BCUT2D eigenvalue weighted by Gasteiger charge is 2.62. The van der Waals surface area contributed by atoms with E-state index in [1.165, 1.54) is 24.3 Å². The fraction of sp³-hybridized carbons (Fsp3) is 0.488. The second-order valence-electron chi connectivity index (χ2n) is 16.6. The SMILES string of the molecule is [2H]CC(C)(C)[C@H](Nc1cccc(C(=O)OC(C)(C)C)c1)C(=O)N1C[C@H](Oc2ncc(OC)c3ccc(Cl)cc23)C[C@H]1C(=O)N[C@]1(C(=O)NS(=O)(=O)C2CC2)C[C@H]1C=C. The van der Waals surface area contributed by atoms with E-state index >= 15 is 0 Å². The molecule has 3 N–H and O–H groups in total. The molecule has 3 aliphatic rings. The number of esters is 1. The van der Waals surface area contributed by atoms with Gasteiger partial charge in [0.2, 0.25) is 27.7 Å². The summed E-state index contributed by atoms with van der Waals surface area (Å²) in [6.45, 7) is 12.2. The van der Waals surface area contributed by atoms with Gasteiger partial charge in [-0.1, -0.05) is 44.5 Å². The number of likely N-dealkylation sites (tertiary alicyclic amines) is 1. The van der Waals surface area contributed by atoms with Crippen LogP contribution in [-0.2, 0) is 29.1 Å². The lowest BCUT2D eigenvalue weighted by molar-refractivity contribution is -0.141. The van der Waals surface area contributed by atoms with E-state index in [2.05, 4.69) is 26.9 Å². The summed E-state index contributed by atoms with van der Waals surface area (Å²) in [7, 11) is -2.43. The second-order valence-corrected chi connectivity index (χ2v) is 19.0. The zero-order valence-electron chi connectivity index (χ0n) is 33.9. The van der Waals surface area contributed by atoms with Gasteiger partial charge in [-0.25, -0.2) is 18.2 Å². The van der Waals surface area contributed by atoms with E-state index in [-0.39, 0.29) is 37.7 Å². The molecule has 1 aliphatic heterocycles. The summed E-state index contributed by atoms with van der Waals surface area (Å²) >= 11 is 6.37. The maximum absolute atomic E-state index is 14.9. The first-order valence-electron chi connectivity index (χ1n) is 19.4. The number of halogens is 1. The molecule has 3 aromatic rings. The summed E-state index contributed by atoms with van der Waals surface area (Å²) < 4.78 is 53.6. The van der Waals surface area contributed by atoms with Crippen molar-refractivity contribution >= 4 is 61.8 Å². The topological polar surface area (TPSA) is 182 Å². The molecule has 14 nitrogen and oxygen atoms in total. The molecule has 3 amide bonds. The van der Waals surface area contributed by atoms with Gasteiger partial charge in [-0.2, -0.15) is 0 Å². The van der Waals surface area contributed by atoms with Crippen molar-refractivity contribution in [3.05, 3.63) is 71.9 Å². The molecule has 16 heteroatoms. The fourth-order valence-corrected chi connectivity index (χ4v) is 8.51. The first kappa shape index (κ1) is 40.3. The first-order chi connectivity index (χ1) is 27.2. The van der Waals surface area contributed by atoms with E-state index in [9.17, 15) is 27.6 Å². The summed E-state index contributed by atoms with van der Waals surface area (Å²) in [6, 6.07) is 9.30. The van der Waals surface area contributed by atoms with Crippen molar-refractivity contribution in [3.8, 4) is 11.6 Å². The number of aromatic nitrogens is 1. The van der Waals surface area contributed by atoms with E-state index in [0.717, 1.165) is 0 Å². The zero-order valence-corrected chi connectivity index (χ0v) is 34.5. The third-order valence-electron chi connectivity index (χ3n) is 10.2. The number of rotatable bonds is 13. The Morgan fingerprint density at radius 1 is 1.11 bits per heavy atom. The van der Waals surface area contributed by atoms with Crippen molar-refractivity contribution in [2.24, 2.45) is 11.3 Å². The van der Waals surface area contributed by atoms with Crippen molar-refractivity contribution < 1.29 is 43.2 Å². The number of methoxy groups -OCH3 is 1. The average Bonchev–Trinajstić information content (AvgIpc) is 4.10. The van der Waals surface area contributed by atoms with Crippen LogP contribution >= 0.6 is 11.6 Å². The Balaban J connectivity index is 1.34. The molecule has 3 fully saturated rings. The summed E-state index contributed by atoms with van der Waals surface area (Å²) in [5.41, 5.74) is -2.71.